The zero-order valence-corrected chi connectivity index (χ0v) is 13.6. The Balaban J connectivity index is 0.00000192. The van der Waals surface area contributed by atoms with Gasteiger partial charge in [-0.05, 0) is 30.3 Å². The predicted molar refractivity (Wildman–Crippen MR) is 94.6 cm³/mol. The van der Waals surface area contributed by atoms with Crippen LogP contribution in [0, 0.1) is 0 Å². The summed E-state index contributed by atoms with van der Waals surface area (Å²) in [5.41, 5.74) is 9.45. The Morgan fingerprint density at radius 2 is 1.61 bits per heavy atom. The molecule has 2 aromatic carbocycles. The van der Waals surface area contributed by atoms with Crippen LogP contribution in [0.5, 0.6) is 5.75 Å². The van der Waals surface area contributed by atoms with Gasteiger partial charge in [0, 0.05) is 17.7 Å². The summed E-state index contributed by atoms with van der Waals surface area (Å²) in [5, 5.41) is 0. The van der Waals surface area contributed by atoms with Gasteiger partial charge < -0.3 is 10.5 Å². The smallest absolute Gasteiger partial charge is 0.160 e. The van der Waals surface area contributed by atoms with Crippen molar-refractivity contribution in [3.63, 3.8) is 0 Å². The van der Waals surface area contributed by atoms with E-state index in [-0.39, 0.29) is 12.4 Å². The molecule has 0 atom stereocenters. The highest BCUT2D eigenvalue weighted by molar-refractivity contribution is 5.85. The van der Waals surface area contributed by atoms with Crippen LogP contribution in [0.1, 0.15) is 5.69 Å². The summed E-state index contributed by atoms with van der Waals surface area (Å²) in [6, 6.07) is 19.6. The van der Waals surface area contributed by atoms with Crippen LogP contribution >= 0.6 is 12.4 Å². The minimum Gasteiger partial charge on any atom is -0.497 e. The highest BCUT2D eigenvalue weighted by Gasteiger charge is 2.08. The van der Waals surface area contributed by atoms with E-state index in [0.717, 1.165) is 28.3 Å². The van der Waals surface area contributed by atoms with E-state index in [9.17, 15) is 0 Å². The first kappa shape index (κ1) is 16.9. The highest BCUT2D eigenvalue weighted by Crippen LogP contribution is 2.24. The highest BCUT2D eigenvalue weighted by atomic mass is 35.5. The number of methoxy groups -OCH3 is 1. The number of hydrogen-bond donors (Lipinski definition) is 1. The van der Waals surface area contributed by atoms with Crippen LogP contribution in [0.4, 0.5) is 0 Å². The molecule has 0 aliphatic rings. The molecule has 23 heavy (non-hydrogen) atoms. The van der Waals surface area contributed by atoms with Gasteiger partial charge in [-0.3, -0.25) is 0 Å². The number of nitrogens with two attached hydrogens (primary N) is 1. The second-order valence-electron chi connectivity index (χ2n) is 4.87. The molecule has 3 aromatic rings. The number of benzene rings is 2. The van der Waals surface area contributed by atoms with E-state index in [1.807, 2.05) is 60.7 Å². The Labute approximate surface area is 141 Å². The van der Waals surface area contributed by atoms with Crippen molar-refractivity contribution in [2.75, 3.05) is 7.11 Å². The van der Waals surface area contributed by atoms with Crippen molar-refractivity contribution in [3.8, 4) is 28.4 Å². The SMILES string of the molecule is COc1ccc(-c2cc(CN)nc(-c3ccccc3)n2)cc1.Cl. The average molecular weight is 328 g/mol. The van der Waals surface area contributed by atoms with Gasteiger partial charge in [-0.25, -0.2) is 9.97 Å². The molecule has 1 aromatic heterocycles. The lowest BCUT2D eigenvalue weighted by Gasteiger charge is -2.08. The van der Waals surface area contributed by atoms with Crippen molar-refractivity contribution in [2.24, 2.45) is 5.73 Å². The Kier molecular flexibility index (Phi) is 5.68. The summed E-state index contributed by atoms with van der Waals surface area (Å²) >= 11 is 0. The molecule has 1 heterocycles. The van der Waals surface area contributed by atoms with Crippen LogP contribution in [0.3, 0.4) is 0 Å². The maximum atomic E-state index is 5.78. The summed E-state index contributed by atoms with van der Waals surface area (Å²) in [6.45, 7) is 0.380. The molecule has 5 heteroatoms. The largest absolute Gasteiger partial charge is 0.497 e. The van der Waals surface area contributed by atoms with Crippen LogP contribution < -0.4 is 10.5 Å². The van der Waals surface area contributed by atoms with E-state index in [4.69, 9.17) is 10.5 Å². The van der Waals surface area contributed by atoms with E-state index in [0.29, 0.717) is 12.4 Å². The second kappa shape index (κ2) is 7.72. The van der Waals surface area contributed by atoms with E-state index in [2.05, 4.69) is 9.97 Å². The van der Waals surface area contributed by atoms with Gasteiger partial charge in [0.05, 0.1) is 18.5 Å². The first-order valence-electron chi connectivity index (χ1n) is 7.08. The van der Waals surface area contributed by atoms with Crippen LogP contribution in [0.15, 0.2) is 60.7 Å². The van der Waals surface area contributed by atoms with Crippen molar-refractivity contribution < 1.29 is 4.74 Å². The molecule has 0 radical (unpaired) electrons. The maximum Gasteiger partial charge on any atom is 0.160 e. The molecule has 3 rings (SSSR count). The van der Waals surface area contributed by atoms with Gasteiger partial charge in [-0.15, -0.1) is 12.4 Å². The van der Waals surface area contributed by atoms with Crippen molar-refractivity contribution in [1.82, 2.24) is 9.97 Å². The Hall–Kier alpha value is -2.43. The minimum atomic E-state index is 0. The lowest BCUT2D eigenvalue weighted by atomic mass is 10.1. The van der Waals surface area contributed by atoms with Crippen molar-refractivity contribution in [3.05, 3.63) is 66.4 Å². The first-order chi connectivity index (χ1) is 10.8. The minimum absolute atomic E-state index is 0. The van der Waals surface area contributed by atoms with Gasteiger partial charge in [-0.2, -0.15) is 0 Å². The number of halogens is 1. The van der Waals surface area contributed by atoms with Crippen molar-refractivity contribution in [2.45, 2.75) is 6.54 Å². The first-order valence-corrected chi connectivity index (χ1v) is 7.08. The summed E-state index contributed by atoms with van der Waals surface area (Å²) in [5.74, 6) is 1.51. The molecule has 2 N–H and O–H groups in total. The van der Waals surface area contributed by atoms with Crippen LogP contribution in [-0.4, -0.2) is 17.1 Å². The summed E-state index contributed by atoms with van der Waals surface area (Å²) in [7, 11) is 1.65. The van der Waals surface area contributed by atoms with E-state index >= 15 is 0 Å². The van der Waals surface area contributed by atoms with Gasteiger partial charge in [0.25, 0.3) is 0 Å². The number of nitrogens with zero attached hydrogens (tertiary/aromatic N) is 2. The Morgan fingerprint density at radius 1 is 0.913 bits per heavy atom. The molecule has 118 valence electrons. The van der Waals surface area contributed by atoms with Crippen LogP contribution in [0.25, 0.3) is 22.6 Å². The zero-order chi connectivity index (χ0) is 15.4. The molecule has 0 saturated carbocycles. The Bertz CT molecular complexity index is 761. The standard InChI is InChI=1S/C18H17N3O.ClH/c1-22-16-9-7-13(8-10-16)17-11-15(12-19)20-18(21-17)14-5-3-2-4-6-14;/h2-11H,12,19H2,1H3;1H. The fourth-order valence-corrected chi connectivity index (χ4v) is 2.23. The van der Waals surface area contributed by atoms with Crippen molar-refractivity contribution >= 4 is 12.4 Å². The normalized spacial score (nSPS) is 10.0. The third-order valence-electron chi connectivity index (χ3n) is 3.41. The average Bonchev–Trinajstić information content (AvgIpc) is 2.62. The molecule has 0 unspecified atom stereocenters. The zero-order valence-electron chi connectivity index (χ0n) is 12.8. The van der Waals surface area contributed by atoms with E-state index in [1.54, 1.807) is 7.11 Å². The molecule has 0 amide bonds. The molecule has 0 aliphatic carbocycles. The van der Waals surface area contributed by atoms with Gasteiger partial charge >= 0.3 is 0 Å². The number of ether oxygens (including phenoxy) is 1. The van der Waals surface area contributed by atoms with Gasteiger partial charge in [-0.1, -0.05) is 30.3 Å². The molecular formula is C18H18ClN3O. The fraction of sp³-hybridized carbons (Fsp3) is 0.111. The topological polar surface area (TPSA) is 61.0 Å². The van der Waals surface area contributed by atoms with E-state index < -0.39 is 0 Å². The van der Waals surface area contributed by atoms with Gasteiger partial charge in [0.15, 0.2) is 5.82 Å². The quantitative estimate of drug-likeness (QED) is 0.793. The molecule has 4 nitrogen and oxygen atoms in total. The lowest BCUT2D eigenvalue weighted by molar-refractivity contribution is 0.415. The Morgan fingerprint density at radius 3 is 2.22 bits per heavy atom. The van der Waals surface area contributed by atoms with Crippen LogP contribution in [-0.2, 0) is 6.54 Å². The third-order valence-corrected chi connectivity index (χ3v) is 3.41. The molecule has 0 saturated heterocycles. The molecular weight excluding hydrogens is 310 g/mol. The van der Waals surface area contributed by atoms with Crippen molar-refractivity contribution in [1.29, 1.82) is 0 Å². The molecule has 0 spiro atoms. The summed E-state index contributed by atoms with van der Waals surface area (Å²) in [4.78, 5) is 9.19. The van der Waals surface area contributed by atoms with E-state index in [1.165, 1.54) is 0 Å². The fourth-order valence-electron chi connectivity index (χ4n) is 2.23. The molecule has 0 fully saturated rings. The summed E-state index contributed by atoms with van der Waals surface area (Å²) < 4.78 is 5.19. The van der Waals surface area contributed by atoms with Gasteiger partial charge in [0.1, 0.15) is 5.75 Å². The third kappa shape index (κ3) is 3.86. The van der Waals surface area contributed by atoms with Crippen LogP contribution in [0.2, 0.25) is 0 Å². The predicted octanol–water partition coefficient (Wildman–Crippen LogP) is 3.70. The number of hydrogen-bond acceptors (Lipinski definition) is 4. The molecule has 0 aliphatic heterocycles. The monoisotopic (exact) mass is 327 g/mol. The maximum absolute atomic E-state index is 5.78. The summed E-state index contributed by atoms with van der Waals surface area (Å²) in [6.07, 6.45) is 0. The number of rotatable bonds is 4. The molecule has 0 bridgehead atoms. The number of aromatic nitrogens is 2. The van der Waals surface area contributed by atoms with Gasteiger partial charge in [0.2, 0.25) is 0 Å². The lowest BCUT2D eigenvalue weighted by Crippen LogP contribution is -2.03. The second-order valence-corrected chi connectivity index (χ2v) is 4.87.